The van der Waals surface area contributed by atoms with Crippen LogP contribution in [-0.4, -0.2) is 19.6 Å². The van der Waals surface area contributed by atoms with Crippen molar-refractivity contribution < 1.29 is 13.9 Å². The molecule has 1 aromatic carbocycles. The summed E-state index contributed by atoms with van der Waals surface area (Å²) in [5.41, 5.74) is -0.373. The Bertz CT molecular complexity index is 535. The Hall–Kier alpha value is -1.89. The van der Waals surface area contributed by atoms with E-state index in [1.807, 2.05) is 30.3 Å². The number of alkyl halides is 1. The first kappa shape index (κ1) is 15.5. The molecule has 2 unspecified atom stereocenters. The zero-order chi connectivity index (χ0) is 15.3. The maximum absolute atomic E-state index is 13.3. The lowest BCUT2D eigenvalue weighted by Gasteiger charge is -2.28. The average molecular weight is 289 g/mol. The number of carbonyl (C=O) groups excluding carboxylic acids is 1. The fraction of sp³-hybridized carbons (Fsp3) is 0.529. The molecule has 0 N–H and O–H groups in total. The Labute approximate surface area is 124 Å². The van der Waals surface area contributed by atoms with E-state index in [1.54, 1.807) is 7.11 Å². The highest BCUT2D eigenvalue weighted by Crippen LogP contribution is 2.37. The van der Waals surface area contributed by atoms with E-state index in [-0.39, 0.29) is 18.1 Å². The Morgan fingerprint density at radius 2 is 2.10 bits per heavy atom. The van der Waals surface area contributed by atoms with Gasteiger partial charge in [0.1, 0.15) is 17.8 Å². The molecule has 0 aliphatic heterocycles. The number of nitrogens with zero attached hydrogens (tertiary/aromatic N) is 1. The van der Waals surface area contributed by atoms with E-state index in [0.717, 1.165) is 30.6 Å². The van der Waals surface area contributed by atoms with Gasteiger partial charge in [0.25, 0.3) is 0 Å². The number of rotatable bonds is 3. The van der Waals surface area contributed by atoms with Gasteiger partial charge in [0.2, 0.25) is 0 Å². The van der Waals surface area contributed by atoms with Gasteiger partial charge in [-0.05, 0) is 36.5 Å². The summed E-state index contributed by atoms with van der Waals surface area (Å²) in [5.74, 6) is 0.571. The number of methoxy groups -OCH3 is 1. The molecule has 0 amide bonds. The highest BCUT2D eigenvalue weighted by atomic mass is 19.1. The van der Waals surface area contributed by atoms with Crippen molar-refractivity contribution in [1.29, 1.82) is 5.26 Å². The van der Waals surface area contributed by atoms with Gasteiger partial charge in [0.15, 0.2) is 5.78 Å². The topological polar surface area (TPSA) is 50.1 Å². The SMILES string of the molecule is COc1ccc(C2CCCCC(C#N)(CF)C(=O)C2)cc1. The van der Waals surface area contributed by atoms with Crippen LogP contribution < -0.4 is 4.74 Å². The van der Waals surface area contributed by atoms with Crippen LogP contribution in [0.2, 0.25) is 0 Å². The lowest BCUT2D eigenvalue weighted by Crippen LogP contribution is -2.34. The molecule has 1 aliphatic rings. The van der Waals surface area contributed by atoms with E-state index in [2.05, 4.69) is 0 Å². The normalized spacial score (nSPS) is 26.5. The Kier molecular flexibility index (Phi) is 4.95. The van der Waals surface area contributed by atoms with Crippen LogP contribution in [-0.2, 0) is 4.79 Å². The van der Waals surface area contributed by atoms with Crippen LogP contribution in [0.25, 0.3) is 0 Å². The van der Waals surface area contributed by atoms with E-state index >= 15 is 0 Å². The highest BCUT2D eigenvalue weighted by Gasteiger charge is 2.40. The molecule has 21 heavy (non-hydrogen) atoms. The predicted molar refractivity (Wildman–Crippen MR) is 77.8 cm³/mol. The molecule has 0 heterocycles. The third kappa shape index (κ3) is 3.24. The largest absolute Gasteiger partial charge is 0.497 e. The molecule has 2 atom stereocenters. The first-order chi connectivity index (χ1) is 10.1. The third-order valence-corrected chi connectivity index (χ3v) is 4.40. The van der Waals surface area contributed by atoms with Crippen LogP contribution in [0.15, 0.2) is 24.3 Å². The second kappa shape index (κ2) is 6.71. The number of carbonyl (C=O) groups is 1. The summed E-state index contributed by atoms with van der Waals surface area (Å²) < 4.78 is 18.4. The van der Waals surface area contributed by atoms with Crippen LogP contribution in [0, 0.1) is 16.7 Å². The maximum Gasteiger partial charge on any atom is 0.156 e. The lowest BCUT2D eigenvalue weighted by atomic mass is 9.73. The van der Waals surface area contributed by atoms with Gasteiger partial charge in [-0.15, -0.1) is 0 Å². The standard InChI is InChI=1S/C17H20FNO2/c1-21-15-7-5-13(6-8-15)14-4-2-3-9-17(11-18,12-19)16(20)10-14/h5-8,14H,2-4,9-11H2,1H3. The predicted octanol–water partition coefficient (Wildman–Crippen LogP) is 3.79. The number of hydrogen-bond donors (Lipinski definition) is 0. The van der Waals surface area contributed by atoms with Gasteiger partial charge in [-0.2, -0.15) is 5.26 Å². The molecule has 0 spiro atoms. The summed E-state index contributed by atoms with van der Waals surface area (Å²) in [5, 5.41) is 9.23. The fourth-order valence-electron chi connectivity index (χ4n) is 2.93. The molecule has 112 valence electrons. The molecule has 1 aliphatic carbocycles. The second-order valence-electron chi connectivity index (χ2n) is 5.67. The van der Waals surface area contributed by atoms with Gasteiger partial charge in [-0.1, -0.05) is 25.0 Å². The third-order valence-electron chi connectivity index (χ3n) is 4.40. The summed E-state index contributed by atoms with van der Waals surface area (Å²) >= 11 is 0. The number of benzene rings is 1. The zero-order valence-electron chi connectivity index (χ0n) is 12.3. The maximum atomic E-state index is 13.3. The molecule has 4 heteroatoms. The molecule has 0 bridgehead atoms. The molecule has 0 radical (unpaired) electrons. The van der Waals surface area contributed by atoms with Gasteiger partial charge in [0, 0.05) is 6.42 Å². The minimum atomic E-state index is -1.43. The van der Waals surface area contributed by atoms with Crippen LogP contribution in [0.4, 0.5) is 4.39 Å². The monoisotopic (exact) mass is 289 g/mol. The molecular formula is C17H20FNO2. The van der Waals surface area contributed by atoms with E-state index in [9.17, 15) is 14.4 Å². The molecule has 1 aromatic rings. The first-order valence-corrected chi connectivity index (χ1v) is 7.29. The molecule has 0 saturated heterocycles. The van der Waals surface area contributed by atoms with Crippen molar-refractivity contribution in [3.05, 3.63) is 29.8 Å². The fourth-order valence-corrected chi connectivity index (χ4v) is 2.93. The molecule has 3 nitrogen and oxygen atoms in total. The van der Waals surface area contributed by atoms with Gasteiger partial charge in [-0.25, -0.2) is 4.39 Å². The smallest absolute Gasteiger partial charge is 0.156 e. The van der Waals surface area contributed by atoms with Crippen molar-refractivity contribution in [2.75, 3.05) is 13.8 Å². The van der Waals surface area contributed by atoms with Crippen molar-refractivity contribution in [2.45, 2.75) is 38.0 Å². The minimum Gasteiger partial charge on any atom is -0.497 e. The number of halogens is 1. The van der Waals surface area contributed by atoms with Crippen molar-refractivity contribution in [3.8, 4) is 11.8 Å². The molecular weight excluding hydrogens is 269 g/mol. The Balaban J connectivity index is 2.21. The van der Waals surface area contributed by atoms with E-state index < -0.39 is 12.1 Å². The van der Waals surface area contributed by atoms with Gasteiger partial charge >= 0.3 is 0 Å². The van der Waals surface area contributed by atoms with Crippen LogP contribution in [0.5, 0.6) is 5.75 Å². The van der Waals surface area contributed by atoms with Gasteiger partial charge in [-0.3, -0.25) is 4.79 Å². The van der Waals surface area contributed by atoms with Crippen LogP contribution >= 0.6 is 0 Å². The van der Waals surface area contributed by atoms with Crippen molar-refractivity contribution in [1.82, 2.24) is 0 Å². The summed E-state index contributed by atoms with van der Waals surface area (Å²) in [6, 6.07) is 9.56. The quantitative estimate of drug-likeness (QED) is 0.850. The lowest BCUT2D eigenvalue weighted by molar-refractivity contribution is -0.128. The average Bonchev–Trinajstić information content (AvgIpc) is 2.52. The number of nitriles is 1. The zero-order valence-corrected chi connectivity index (χ0v) is 12.3. The van der Waals surface area contributed by atoms with Crippen LogP contribution in [0.3, 0.4) is 0 Å². The van der Waals surface area contributed by atoms with Crippen molar-refractivity contribution >= 4 is 5.78 Å². The van der Waals surface area contributed by atoms with Gasteiger partial charge in [0.05, 0.1) is 13.2 Å². The Morgan fingerprint density at radius 1 is 1.38 bits per heavy atom. The molecule has 1 fully saturated rings. The van der Waals surface area contributed by atoms with Gasteiger partial charge < -0.3 is 4.74 Å². The second-order valence-corrected chi connectivity index (χ2v) is 5.67. The summed E-state index contributed by atoms with van der Waals surface area (Å²) in [6.45, 7) is -0.877. The summed E-state index contributed by atoms with van der Waals surface area (Å²) in [6.07, 6.45) is 3.10. The van der Waals surface area contributed by atoms with Crippen molar-refractivity contribution in [2.24, 2.45) is 5.41 Å². The molecule has 2 rings (SSSR count). The summed E-state index contributed by atoms with van der Waals surface area (Å²) in [4.78, 5) is 12.4. The number of ketones is 1. The van der Waals surface area contributed by atoms with Crippen LogP contribution in [0.1, 0.15) is 43.6 Å². The number of hydrogen-bond acceptors (Lipinski definition) is 3. The molecule has 1 saturated carbocycles. The first-order valence-electron chi connectivity index (χ1n) is 7.29. The number of ether oxygens (including phenoxy) is 1. The van der Waals surface area contributed by atoms with E-state index in [1.165, 1.54) is 0 Å². The minimum absolute atomic E-state index is 0.0583. The van der Waals surface area contributed by atoms with Crippen molar-refractivity contribution in [3.63, 3.8) is 0 Å². The van der Waals surface area contributed by atoms with E-state index in [4.69, 9.17) is 4.74 Å². The number of Topliss-reactive ketones (excluding diaryl/α,β-unsaturated/α-hetero) is 1. The highest BCUT2D eigenvalue weighted by molar-refractivity contribution is 5.88. The van der Waals surface area contributed by atoms with E-state index in [0.29, 0.717) is 6.42 Å². The molecule has 0 aromatic heterocycles. The Morgan fingerprint density at radius 3 is 2.67 bits per heavy atom. The summed E-state index contributed by atoms with van der Waals surface area (Å²) in [7, 11) is 1.61.